The standard InChI is InChI=1S/C10H20NO/c1-3-10(2)4-5-11-6-8-12-9-7-11/h10H,2-9H2,1H3. The lowest BCUT2D eigenvalue weighted by Crippen LogP contribution is -2.37. The summed E-state index contributed by atoms with van der Waals surface area (Å²) in [6, 6.07) is 0. The van der Waals surface area contributed by atoms with E-state index in [1.807, 2.05) is 0 Å². The van der Waals surface area contributed by atoms with Gasteiger partial charge < -0.3 is 4.74 Å². The number of rotatable bonds is 4. The van der Waals surface area contributed by atoms with Crippen LogP contribution in [-0.2, 0) is 4.74 Å². The minimum absolute atomic E-state index is 0.632. The first kappa shape index (κ1) is 10.0. The molecule has 0 aliphatic carbocycles. The van der Waals surface area contributed by atoms with Gasteiger partial charge in [-0.15, -0.1) is 0 Å². The van der Waals surface area contributed by atoms with Crippen molar-refractivity contribution in [3.05, 3.63) is 6.92 Å². The van der Waals surface area contributed by atoms with E-state index in [9.17, 15) is 0 Å². The van der Waals surface area contributed by atoms with Crippen molar-refractivity contribution in [2.24, 2.45) is 5.92 Å². The second kappa shape index (κ2) is 5.55. The molecule has 0 aromatic carbocycles. The lowest BCUT2D eigenvalue weighted by molar-refractivity contribution is 0.0360. The van der Waals surface area contributed by atoms with Crippen LogP contribution in [0.3, 0.4) is 0 Å². The fraction of sp³-hybridized carbons (Fsp3) is 0.900. The van der Waals surface area contributed by atoms with Crippen molar-refractivity contribution in [2.45, 2.75) is 19.8 Å². The summed E-state index contributed by atoms with van der Waals surface area (Å²) in [6.07, 6.45) is 2.43. The lowest BCUT2D eigenvalue weighted by atomic mass is 10.1. The van der Waals surface area contributed by atoms with Gasteiger partial charge in [0.2, 0.25) is 0 Å². The van der Waals surface area contributed by atoms with E-state index in [4.69, 9.17) is 4.74 Å². The molecule has 2 heteroatoms. The van der Waals surface area contributed by atoms with E-state index >= 15 is 0 Å². The summed E-state index contributed by atoms with van der Waals surface area (Å²) in [6.45, 7) is 11.5. The van der Waals surface area contributed by atoms with Crippen LogP contribution in [0.4, 0.5) is 0 Å². The monoisotopic (exact) mass is 170 g/mol. The van der Waals surface area contributed by atoms with Gasteiger partial charge >= 0.3 is 0 Å². The molecule has 1 aliphatic heterocycles. The summed E-state index contributed by atoms with van der Waals surface area (Å²) >= 11 is 0. The first-order valence-corrected chi connectivity index (χ1v) is 4.96. The number of nitrogens with zero attached hydrogens (tertiary/aromatic N) is 1. The first-order valence-electron chi connectivity index (χ1n) is 4.96. The van der Waals surface area contributed by atoms with Crippen molar-refractivity contribution < 1.29 is 4.74 Å². The molecule has 1 saturated heterocycles. The molecule has 1 fully saturated rings. The van der Waals surface area contributed by atoms with Crippen LogP contribution in [0.5, 0.6) is 0 Å². The molecule has 0 aromatic heterocycles. The molecule has 71 valence electrons. The Kier molecular flexibility index (Phi) is 4.62. The van der Waals surface area contributed by atoms with Crippen molar-refractivity contribution >= 4 is 0 Å². The van der Waals surface area contributed by atoms with Crippen molar-refractivity contribution in [2.75, 3.05) is 32.8 Å². The molecule has 1 heterocycles. The molecule has 0 aromatic rings. The van der Waals surface area contributed by atoms with Gasteiger partial charge in [-0.2, -0.15) is 0 Å². The number of ether oxygens (including phenoxy) is 1. The Bertz CT molecular complexity index is 110. The van der Waals surface area contributed by atoms with E-state index in [0.717, 1.165) is 26.3 Å². The van der Waals surface area contributed by atoms with Crippen LogP contribution in [0.15, 0.2) is 0 Å². The second-order valence-electron chi connectivity index (χ2n) is 3.52. The van der Waals surface area contributed by atoms with Gasteiger partial charge in [0.25, 0.3) is 0 Å². The van der Waals surface area contributed by atoms with Crippen LogP contribution >= 0.6 is 0 Å². The molecule has 12 heavy (non-hydrogen) atoms. The number of hydrogen-bond acceptors (Lipinski definition) is 2. The average Bonchev–Trinajstić information content (AvgIpc) is 2.16. The van der Waals surface area contributed by atoms with Crippen molar-refractivity contribution in [3.63, 3.8) is 0 Å². The largest absolute Gasteiger partial charge is 0.379 e. The quantitative estimate of drug-likeness (QED) is 0.635. The van der Waals surface area contributed by atoms with Gasteiger partial charge in [-0.1, -0.05) is 20.3 Å². The Morgan fingerprint density at radius 2 is 2.08 bits per heavy atom. The maximum absolute atomic E-state index is 5.28. The fourth-order valence-corrected chi connectivity index (χ4v) is 1.39. The minimum Gasteiger partial charge on any atom is -0.379 e. The summed E-state index contributed by atoms with van der Waals surface area (Å²) in [4.78, 5) is 2.47. The normalized spacial score (nSPS) is 22.5. The van der Waals surface area contributed by atoms with E-state index in [-0.39, 0.29) is 0 Å². The zero-order chi connectivity index (χ0) is 8.81. The van der Waals surface area contributed by atoms with Gasteiger partial charge in [-0.05, 0) is 18.9 Å². The third-order valence-corrected chi connectivity index (χ3v) is 2.53. The third kappa shape index (κ3) is 3.55. The summed E-state index contributed by atoms with van der Waals surface area (Å²) in [7, 11) is 0. The maximum Gasteiger partial charge on any atom is 0.0594 e. The van der Waals surface area contributed by atoms with E-state index in [1.54, 1.807) is 0 Å². The van der Waals surface area contributed by atoms with E-state index in [2.05, 4.69) is 18.7 Å². The SMILES string of the molecule is [CH2]C(CC)CCN1CCOCC1. The average molecular weight is 170 g/mol. The molecule has 1 unspecified atom stereocenters. The third-order valence-electron chi connectivity index (χ3n) is 2.53. The Morgan fingerprint density at radius 1 is 1.42 bits per heavy atom. The van der Waals surface area contributed by atoms with Crippen LogP contribution in [0, 0.1) is 12.8 Å². The molecule has 1 atom stereocenters. The van der Waals surface area contributed by atoms with E-state index < -0.39 is 0 Å². The van der Waals surface area contributed by atoms with Gasteiger partial charge in [-0.25, -0.2) is 0 Å². The molecule has 0 saturated carbocycles. The Hall–Kier alpha value is -0.0800. The lowest BCUT2D eigenvalue weighted by Gasteiger charge is -2.27. The van der Waals surface area contributed by atoms with Gasteiger partial charge in [0.05, 0.1) is 13.2 Å². The van der Waals surface area contributed by atoms with Crippen LogP contribution in [0.1, 0.15) is 19.8 Å². The zero-order valence-corrected chi connectivity index (χ0v) is 8.09. The minimum atomic E-state index is 0.632. The fourth-order valence-electron chi connectivity index (χ4n) is 1.39. The number of morpholine rings is 1. The van der Waals surface area contributed by atoms with Gasteiger partial charge in [-0.3, -0.25) is 4.90 Å². The maximum atomic E-state index is 5.28. The predicted octanol–water partition coefficient (Wildman–Crippen LogP) is 1.57. The van der Waals surface area contributed by atoms with Crippen molar-refractivity contribution in [3.8, 4) is 0 Å². The summed E-state index contributed by atoms with van der Waals surface area (Å²) in [5.41, 5.74) is 0. The van der Waals surface area contributed by atoms with Gasteiger partial charge in [0, 0.05) is 13.1 Å². The highest BCUT2D eigenvalue weighted by molar-refractivity contribution is 4.66. The number of hydrogen-bond donors (Lipinski definition) is 0. The molecule has 1 aliphatic rings. The Labute approximate surface area is 75.9 Å². The highest BCUT2D eigenvalue weighted by atomic mass is 16.5. The highest BCUT2D eigenvalue weighted by Crippen LogP contribution is 2.07. The topological polar surface area (TPSA) is 12.5 Å². The highest BCUT2D eigenvalue weighted by Gasteiger charge is 2.10. The first-order chi connectivity index (χ1) is 5.83. The molecule has 2 nitrogen and oxygen atoms in total. The molecule has 0 N–H and O–H groups in total. The smallest absolute Gasteiger partial charge is 0.0594 e. The summed E-state index contributed by atoms with van der Waals surface area (Å²) in [5, 5.41) is 0. The molecule has 0 amide bonds. The van der Waals surface area contributed by atoms with Gasteiger partial charge in [0.15, 0.2) is 0 Å². The predicted molar refractivity (Wildman–Crippen MR) is 51.0 cm³/mol. The molecule has 0 bridgehead atoms. The van der Waals surface area contributed by atoms with Crippen molar-refractivity contribution in [1.29, 1.82) is 0 Å². The summed E-state index contributed by atoms with van der Waals surface area (Å²) < 4.78 is 5.28. The zero-order valence-electron chi connectivity index (χ0n) is 8.09. The molecular formula is C10H20NO. The van der Waals surface area contributed by atoms with Crippen LogP contribution < -0.4 is 0 Å². The van der Waals surface area contributed by atoms with Gasteiger partial charge in [0.1, 0.15) is 0 Å². The molecule has 1 rings (SSSR count). The Balaban J connectivity index is 2.05. The van der Waals surface area contributed by atoms with Crippen LogP contribution in [0.25, 0.3) is 0 Å². The van der Waals surface area contributed by atoms with E-state index in [1.165, 1.54) is 19.4 Å². The Morgan fingerprint density at radius 3 is 2.67 bits per heavy atom. The summed E-state index contributed by atoms with van der Waals surface area (Å²) in [5.74, 6) is 0.632. The van der Waals surface area contributed by atoms with Crippen LogP contribution in [0.2, 0.25) is 0 Å². The molecule has 1 radical (unpaired) electrons. The second-order valence-corrected chi connectivity index (χ2v) is 3.52. The van der Waals surface area contributed by atoms with Crippen molar-refractivity contribution in [1.82, 2.24) is 4.90 Å². The van der Waals surface area contributed by atoms with Crippen LogP contribution in [-0.4, -0.2) is 37.7 Å². The molecule has 0 spiro atoms. The molecular weight excluding hydrogens is 150 g/mol. The van der Waals surface area contributed by atoms with E-state index in [0.29, 0.717) is 5.92 Å².